The summed E-state index contributed by atoms with van der Waals surface area (Å²) in [5.41, 5.74) is 0.530. The second-order valence-electron chi connectivity index (χ2n) is 6.74. The van der Waals surface area contributed by atoms with E-state index in [4.69, 9.17) is 4.74 Å². The normalized spacial score (nSPS) is 45.6. The highest BCUT2D eigenvalue weighted by molar-refractivity contribution is 5.30. The van der Waals surface area contributed by atoms with Gasteiger partial charge in [0.25, 0.3) is 0 Å². The molecule has 2 bridgehead atoms. The van der Waals surface area contributed by atoms with Gasteiger partial charge in [-0.2, -0.15) is 0 Å². The number of fused-ring (bicyclic) bond motifs is 1. The van der Waals surface area contributed by atoms with Gasteiger partial charge in [-0.3, -0.25) is 0 Å². The fourth-order valence-corrected chi connectivity index (χ4v) is 4.62. The Morgan fingerprint density at radius 1 is 1.33 bits per heavy atom. The molecule has 2 fully saturated rings. The van der Waals surface area contributed by atoms with Crippen molar-refractivity contribution in [3.8, 4) is 0 Å². The van der Waals surface area contributed by atoms with Gasteiger partial charge in [0.05, 0.1) is 18.8 Å². The van der Waals surface area contributed by atoms with Gasteiger partial charge in [-0.15, -0.1) is 0 Å². The number of hydrogen-bond donors (Lipinski definition) is 2. The van der Waals surface area contributed by atoms with Crippen molar-refractivity contribution in [1.82, 2.24) is 0 Å². The van der Waals surface area contributed by atoms with Crippen molar-refractivity contribution in [2.75, 3.05) is 13.2 Å². The third-order valence-corrected chi connectivity index (χ3v) is 5.99. The Bertz CT molecular complexity index is 385. The quantitative estimate of drug-likeness (QED) is 0.739. The average Bonchev–Trinajstić information content (AvgIpc) is 2.66. The van der Waals surface area contributed by atoms with Crippen molar-refractivity contribution in [1.29, 1.82) is 0 Å². The van der Waals surface area contributed by atoms with Crippen LogP contribution in [0.4, 0.5) is 0 Å². The molecule has 0 unspecified atom stereocenters. The molecule has 1 saturated heterocycles. The maximum atomic E-state index is 9.72. The first-order valence-corrected chi connectivity index (χ1v) is 7.11. The number of hydrogen-bond acceptors (Lipinski definition) is 3. The Morgan fingerprint density at radius 2 is 2.06 bits per heavy atom. The van der Waals surface area contributed by atoms with Crippen LogP contribution in [0, 0.1) is 11.3 Å². The number of aliphatic hydroxyl groups excluding tert-OH is 2. The summed E-state index contributed by atoms with van der Waals surface area (Å²) < 4.78 is 6.41. The topological polar surface area (TPSA) is 49.7 Å². The van der Waals surface area contributed by atoms with Crippen molar-refractivity contribution >= 4 is 0 Å². The lowest BCUT2D eigenvalue weighted by molar-refractivity contribution is -0.172. The maximum Gasteiger partial charge on any atom is 0.118 e. The average molecular weight is 252 g/mol. The third-order valence-electron chi connectivity index (χ3n) is 5.99. The number of rotatable bonds is 2. The monoisotopic (exact) mass is 252 g/mol. The zero-order valence-electron chi connectivity index (χ0n) is 11.4. The number of aliphatic hydroxyl groups is 2. The molecule has 0 radical (unpaired) electrons. The lowest BCUT2D eigenvalue weighted by atomic mass is 9.55. The van der Waals surface area contributed by atoms with Gasteiger partial charge in [-0.25, -0.2) is 0 Å². The molecule has 3 nitrogen and oxygen atoms in total. The number of ether oxygens (including phenoxy) is 1. The highest BCUT2D eigenvalue weighted by Gasteiger charge is 2.66. The molecule has 2 aliphatic carbocycles. The highest BCUT2D eigenvalue weighted by atomic mass is 16.6. The molecule has 0 amide bonds. The predicted molar refractivity (Wildman–Crippen MR) is 69.2 cm³/mol. The van der Waals surface area contributed by atoms with E-state index >= 15 is 0 Å². The highest BCUT2D eigenvalue weighted by Crippen LogP contribution is 2.64. The first-order chi connectivity index (χ1) is 8.52. The second-order valence-corrected chi connectivity index (χ2v) is 6.74. The first kappa shape index (κ1) is 12.6. The Kier molecular flexibility index (Phi) is 2.68. The second kappa shape index (κ2) is 3.81. The van der Waals surface area contributed by atoms with E-state index in [2.05, 4.69) is 19.9 Å². The van der Waals surface area contributed by atoms with Crippen molar-refractivity contribution in [2.45, 2.75) is 57.2 Å². The first-order valence-electron chi connectivity index (χ1n) is 7.11. The van der Waals surface area contributed by atoms with Gasteiger partial charge < -0.3 is 14.9 Å². The van der Waals surface area contributed by atoms with Crippen LogP contribution in [0.25, 0.3) is 0 Å². The number of allylic oxidation sites excluding steroid dienone is 1. The molecule has 3 heteroatoms. The molecule has 0 aromatic heterocycles. The molecule has 0 aromatic carbocycles. The van der Waals surface area contributed by atoms with Crippen LogP contribution in [0.1, 0.15) is 46.0 Å². The van der Waals surface area contributed by atoms with E-state index < -0.39 is 5.60 Å². The molecule has 3 rings (SSSR count). The van der Waals surface area contributed by atoms with Gasteiger partial charge >= 0.3 is 0 Å². The molecule has 0 aromatic rings. The van der Waals surface area contributed by atoms with Crippen LogP contribution in [0.15, 0.2) is 11.6 Å². The van der Waals surface area contributed by atoms with Crippen LogP contribution in [0.2, 0.25) is 0 Å². The lowest BCUT2D eigenvalue weighted by Crippen LogP contribution is -2.51. The van der Waals surface area contributed by atoms with Crippen LogP contribution in [0.3, 0.4) is 0 Å². The van der Waals surface area contributed by atoms with E-state index in [-0.39, 0.29) is 24.2 Å². The molecule has 3 atom stereocenters. The maximum absolute atomic E-state index is 9.72. The molecular weight excluding hydrogens is 228 g/mol. The van der Waals surface area contributed by atoms with Crippen LogP contribution >= 0.6 is 0 Å². The SMILES string of the molecule is CC1=CCC[C@@]2(C)CC[C@H]3C[C@@]12OC3(CO)CO. The molecule has 3 aliphatic rings. The molecule has 1 spiro atoms. The fourth-order valence-electron chi connectivity index (χ4n) is 4.62. The van der Waals surface area contributed by atoms with Crippen molar-refractivity contribution in [2.24, 2.45) is 11.3 Å². The van der Waals surface area contributed by atoms with Crippen LogP contribution in [-0.4, -0.2) is 34.6 Å². The Balaban J connectivity index is 2.08. The van der Waals surface area contributed by atoms with Crippen LogP contribution < -0.4 is 0 Å². The van der Waals surface area contributed by atoms with E-state index in [0.717, 1.165) is 32.1 Å². The molecular formula is C15H24O3. The summed E-state index contributed by atoms with van der Waals surface area (Å²) in [4.78, 5) is 0. The summed E-state index contributed by atoms with van der Waals surface area (Å²) in [5.74, 6) is 0.294. The molecule has 1 saturated carbocycles. The molecule has 18 heavy (non-hydrogen) atoms. The van der Waals surface area contributed by atoms with Gasteiger partial charge in [0.1, 0.15) is 5.60 Å². The van der Waals surface area contributed by atoms with Crippen molar-refractivity contribution < 1.29 is 14.9 Å². The van der Waals surface area contributed by atoms with E-state index in [1.54, 1.807) is 0 Å². The summed E-state index contributed by atoms with van der Waals surface area (Å²) in [6.07, 6.45) is 7.74. The fraction of sp³-hybridized carbons (Fsp3) is 0.867. The predicted octanol–water partition coefficient (Wildman–Crippen LogP) is 2.03. The summed E-state index contributed by atoms with van der Waals surface area (Å²) in [6, 6.07) is 0. The minimum atomic E-state index is -0.718. The summed E-state index contributed by atoms with van der Waals surface area (Å²) >= 11 is 0. The van der Waals surface area contributed by atoms with Crippen LogP contribution in [0.5, 0.6) is 0 Å². The van der Waals surface area contributed by atoms with Crippen LogP contribution in [-0.2, 0) is 4.74 Å². The van der Waals surface area contributed by atoms with Crippen molar-refractivity contribution in [3.63, 3.8) is 0 Å². The largest absolute Gasteiger partial charge is 0.393 e. The zero-order chi connectivity index (χ0) is 13.0. The molecule has 2 N–H and O–H groups in total. The van der Waals surface area contributed by atoms with Gasteiger partial charge in [0, 0.05) is 5.41 Å². The molecule has 102 valence electrons. The molecule has 1 aliphatic heterocycles. The van der Waals surface area contributed by atoms with Gasteiger partial charge in [-0.1, -0.05) is 13.0 Å². The summed E-state index contributed by atoms with van der Waals surface area (Å²) in [7, 11) is 0. The lowest BCUT2D eigenvalue weighted by Gasteiger charge is -2.51. The van der Waals surface area contributed by atoms with E-state index in [9.17, 15) is 10.2 Å². The third kappa shape index (κ3) is 1.30. The van der Waals surface area contributed by atoms with Crippen molar-refractivity contribution in [3.05, 3.63) is 11.6 Å². The summed E-state index contributed by atoms with van der Waals surface area (Å²) in [5, 5.41) is 19.4. The Morgan fingerprint density at radius 3 is 2.72 bits per heavy atom. The Hall–Kier alpha value is -0.380. The smallest absolute Gasteiger partial charge is 0.118 e. The van der Waals surface area contributed by atoms with E-state index in [0.29, 0.717) is 5.92 Å². The minimum Gasteiger partial charge on any atom is -0.393 e. The molecule has 1 heterocycles. The van der Waals surface area contributed by atoms with Gasteiger partial charge in [-0.05, 0) is 50.5 Å². The van der Waals surface area contributed by atoms with E-state index in [1.165, 1.54) is 5.57 Å². The Labute approximate surface area is 109 Å². The standard InChI is InChI=1S/C15H24O3/c1-11-4-3-6-13(2)7-5-12-8-15(11,13)18-14(12,9-16)10-17/h4,12,16-17H,3,5-10H2,1-2H3/t12-,13-,15+/m0/s1. The van der Waals surface area contributed by atoms with Gasteiger partial charge in [0.15, 0.2) is 0 Å². The minimum absolute atomic E-state index is 0.0702. The van der Waals surface area contributed by atoms with Gasteiger partial charge in [0.2, 0.25) is 0 Å². The summed E-state index contributed by atoms with van der Waals surface area (Å²) in [6.45, 7) is 4.34. The van der Waals surface area contributed by atoms with E-state index in [1.807, 2.05) is 0 Å². The zero-order valence-corrected chi connectivity index (χ0v) is 11.4.